The highest BCUT2D eigenvalue weighted by atomic mass is 16.5. The van der Waals surface area contributed by atoms with Crippen molar-refractivity contribution in [3.63, 3.8) is 0 Å². The molecule has 0 aromatic heterocycles. The molecule has 2 aromatic rings. The number of carbonyl (C=O) groups is 2. The first-order valence-electron chi connectivity index (χ1n) is 9.04. The molecule has 2 atom stereocenters. The zero-order valence-corrected chi connectivity index (χ0v) is 14.6. The van der Waals surface area contributed by atoms with Crippen LogP contribution in [0.25, 0.3) is 0 Å². The summed E-state index contributed by atoms with van der Waals surface area (Å²) in [5, 5.41) is 3.12. The molecule has 4 rings (SSSR count). The summed E-state index contributed by atoms with van der Waals surface area (Å²) in [5.74, 6) is 0.537. The second-order valence-corrected chi connectivity index (χ2v) is 6.90. The summed E-state index contributed by atoms with van der Waals surface area (Å²) in [6, 6.07) is 17.6. The van der Waals surface area contributed by atoms with Gasteiger partial charge < -0.3 is 15.0 Å². The highest BCUT2D eigenvalue weighted by Crippen LogP contribution is 2.32. The maximum absolute atomic E-state index is 12.7. The first-order valence-corrected chi connectivity index (χ1v) is 9.04. The van der Waals surface area contributed by atoms with Crippen molar-refractivity contribution in [2.75, 3.05) is 13.2 Å². The number of likely N-dealkylation sites (tertiary alicyclic amines) is 1. The third-order valence-corrected chi connectivity index (χ3v) is 5.08. The number of hydrogen-bond donors (Lipinski definition) is 1. The standard InChI is InChI=1S/C21H22N2O3/c24-20-12-16(14-23(20)13-15-6-2-1-3-7-15)21(25)22-18-10-11-26-19-9-5-4-8-17(18)19/h1-9,16,18H,10-14H2,(H,22,25)/t16-,18-/m1/s1. The van der Waals surface area contributed by atoms with Crippen LogP contribution in [0.2, 0.25) is 0 Å². The predicted octanol–water partition coefficient (Wildman–Crippen LogP) is 2.68. The number of amides is 2. The van der Waals surface area contributed by atoms with Gasteiger partial charge in [-0.3, -0.25) is 9.59 Å². The lowest BCUT2D eigenvalue weighted by Crippen LogP contribution is -2.37. The van der Waals surface area contributed by atoms with E-state index in [1.807, 2.05) is 54.6 Å². The first kappa shape index (κ1) is 16.6. The van der Waals surface area contributed by atoms with E-state index < -0.39 is 0 Å². The average molecular weight is 350 g/mol. The first-order chi connectivity index (χ1) is 12.7. The molecule has 134 valence electrons. The topological polar surface area (TPSA) is 58.6 Å². The Labute approximate surface area is 153 Å². The largest absolute Gasteiger partial charge is 0.493 e. The van der Waals surface area contributed by atoms with Crippen molar-refractivity contribution in [1.29, 1.82) is 0 Å². The second-order valence-electron chi connectivity index (χ2n) is 6.90. The summed E-state index contributed by atoms with van der Waals surface area (Å²) < 4.78 is 5.65. The van der Waals surface area contributed by atoms with Crippen molar-refractivity contribution in [3.8, 4) is 5.75 Å². The molecule has 0 bridgehead atoms. The van der Waals surface area contributed by atoms with Crippen molar-refractivity contribution in [2.24, 2.45) is 5.92 Å². The van der Waals surface area contributed by atoms with Gasteiger partial charge in [0.25, 0.3) is 0 Å². The smallest absolute Gasteiger partial charge is 0.225 e. The molecule has 0 saturated carbocycles. The Bertz CT molecular complexity index is 806. The number of hydrogen-bond acceptors (Lipinski definition) is 3. The highest BCUT2D eigenvalue weighted by Gasteiger charge is 2.35. The summed E-state index contributed by atoms with van der Waals surface area (Å²) in [5.41, 5.74) is 2.10. The second kappa shape index (κ2) is 7.20. The lowest BCUT2D eigenvalue weighted by Gasteiger charge is -2.27. The van der Waals surface area contributed by atoms with Gasteiger partial charge in [0.2, 0.25) is 11.8 Å². The van der Waals surface area contributed by atoms with Crippen LogP contribution in [-0.4, -0.2) is 29.9 Å². The fourth-order valence-corrected chi connectivity index (χ4v) is 3.69. The van der Waals surface area contributed by atoms with Crippen molar-refractivity contribution < 1.29 is 14.3 Å². The molecule has 2 aliphatic rings. The molecule has 2 heterocycles. The number of nitrogens with zero attached hydrogens (tertiary/aromatic N) is 1. The van der Waals surface area contributed by atoms with Crippen LogP contribution in [0.15, 0.2) is 54.6 Å². The van der Waals surface area contributed by atoms with Crippen LogP contribution in [-0.2, 0) is 16.1 Å². The molecule has 5 nitrogen and oxygen atoms in total. The molecule has 2 aromatic carbocycles. The molecule has 26 heavy (non-hydrogen) atoms. The van der Waals surface area contributed by atoms with Crippen LogP contribution >= 0.6 is 0 Å². The van der Waals surface area contributed by atoms with E-state index in [-0.39, 0.29) is 30.2 Å². The van der Waals surface area contributed by atoms with Gasteiger partial charge in [0.15, 0.2) is 0 Å². The quantitative estimate of drug-likeness (QED) is 0.922. The van der Waals surface area contributed by atoms with E-state index in [9.17, 15) is 9.59 Å². The van der Waals surface area contributed by atoms with Crippen molar-refractivity contribution in [1.82, 2.24) is 10.2 Å². The van der Waals surface area contributed by atoms with Gasteiger partial charge in [-0.2, -0.15) is 0 Å². The van der Waals surface area contributed by atoms with Crippen LogP contribution in [0.1, 0.15) is 30.0 Å². The Kier molecular flexibility index (Phi) is 4.61. The third-order valence-electron chi connectivity index (χ3n) is 5.08. The van der Waals surface area contributed by atoms with Gasteiger partial charge in [0.1, 0.15) is 5.75 Å². The van der Waals surface area contributed by atoms with Crippen LogP contribution in [0.3, 0.4) is 0 Å². The van der Waals surface area contributed by atoms with Gasteiger partial charge in [0.05, 0.1) is 18.6 Å². The number of rotatable bonds is 4. The monoisotopic (exact) mass is 350 g/mol. The molecule has 0 aliphatic carbocycles. The Balaban J connectivity index is 1.40. The molecular formula is C21H22N2O3. The Hall–Kier alpha value is -2.82. The maximum atomic E-state index is 12.7. The van der Waals surface area contributed by atoms with E-state index in [4.69, 9.17) is 4.74 Å². The summed E-state index contributed by atoms with van der Waals surface area (Å²) >= 11 is 0. The molecule has 1 fully saturated rings. The summed E-state index contributed by atoms with van der Waals surface area (Å²) in [6.45, 7) is 1.62. The zero-order valence-electron chi connectivity index (χ0n) is 14.6. The van der Waals surface area contributed by atoms with Gasteiger partial charge in [0, 0.05) is 31.5 Å². The van der Waals surface area contributed by atoms with Crippen LogP contribution in [0, 0.1) is 5.92 Å². The van der Waals surface area contributed by atoms with E-state index in [0.717, 1.165) is 23.3 Å². The summed E-state index contributed by atoms with van der Waals surface area (Å²) in [4.78, 5) is 26.8. The van der Waals surface area contributed by atoms with E-state index in [0.29, 0.717) is 19.7 Å². The Morgan fingerprint density at radius 3 is 2.73 bits per heavy atom. The lowest BCUT2D eigenvalue weighted by atomic mass is 9.99. The average Bonchev–Trinajstić information content (AvgIpc) is 3.03. The molecule has 1 saturated heterocycles. The minimum Gasteiger partial charge on any atom is -0.493 e. The number of benzene rings is 2. The molecule has 2 aliphatic heterocycles. The van der Waals surface area contributed by atoms with Gasteiger partial charge in [-0.25, -0.2) is 0 Å². The molecule has 0 spiro atoms. The number of nitrogens with one attached hydrogen (secondary N) is 1. The predicted molar refractivity (Wildman–Crippen MR) is 97.4 cm³/mol. The zero-order chi connectivity index (χ0) is 17.9. The molecule has 1 N–H and O–H groups in total. The molecule has 0 radical (unpaired) electrons. The summed E-state index contributed by atoms with van der Waals surface area (Å²) in [7, 11) is 0. The van der Waals surface area contributed by atoms with Crippen LogP contribution < -0.4 is 10.1 Å². The third kappa shape index (κ3) is 3.43. The van der Waals surface area contributed by atoms with E-state index in [2.05, 4.69) is 5.32 Å². The molecule has 2 amide bonds. The number of ether oxygens (including phenoxy) is 1. The highest BCUT2D eigenvalue weighted by molar-refractivity contribution is 5.89. The van der Waals surface area contributed by atoms with Gasteiger partial charge in [-0.1, -0.05) is 48.5 Å². The van der Waals surface area contributed by atoms with Gasteiger partial charge in [-0.05, 0) is 11.6 Å². The number of carbonyl (C=O) groups excluding carboxylic acids is 2. The van der Waals surface area contributed by atoms with Crippen molar-refractivity contribution in [3.05, 3.63) is 65.7 Å². The van der Waals surface area contributed by atoms with Crippen LogP contribution in [0.4, 0.5) is 0 Å². The normalized spacial score (nSPS) is 21.8. The SMILES string of the molecule is O=C(N[C@@H]1CCOc2ccccc21)[C@@H]1CC(=O)N(Cc2ccccc2)C1. The van der Waals surface area contributed by atoms with Gasteiger partial charge >= 0.3 is 0 Å². The molecule has 5 heteroatoms. The van der Waals surface area contributed by atoms with E-state index in [1.54, 1.807) is 4.90 Å². The van der Waals surface area contributed by atoms with E-state index in [1.165, 1.54) is 0 Å². The molecular weight excluding hydrogens is 328 g/mol. The fraction of sp³-hybridized carbons (Fsp3) is 0.333. The Morgan fingerprint density at radius 2 is 1.88 bits per heavy atom. The lowest BCUT2D eigenvalue weighted by molar-refractivity contribution is -0.129. The van der Waals surface area contributed by atoms with Crippen molar-refractivity contribution >= 4 is 11.8 Å². The summed E-state index contributed by atoms with van der Waals surface area (Å²) in [6.07, 6.45) is 1.03. The van der Waals surface area contributed by atoms with E-state index >= 15 is 0 Å². The number of para-hydroxylation sites is 1. The van der Waals surface area contributed by atoms with Crippen molar-refractivity contribution in [2.45, 2.75) is 25.4 Å². The fourth-order valence-electron chi connectivity index (χ4n) is 3.69. The van der Waals surface area contributed by atoms with Crippen LogP contribution in [0.5, 0.6) is 5.75 Å². The Morgan fingerprint density at radius 1 is 1.12 bits per heavy atom. The molecule has 0 unspecified atom stereocenters. The minimum absolute atomic E-state index is 0.0429. The number of fused-ring (bicyclic) bond motifs is 1. The minimum atomic E-state index is -0.291. The maximum Gasteiger partial charge on any atom is 0.225 e. The van der Waals surface area contributed by atoms with Gasteiger partial charge in [-0.15, -0.1) is 0 Å².